The zero-order valence-electron chi connectivity index (χ0n) is 17.0. The zero-order valence-corrected chi connectivity index (χ0v) is 17.8. The first kappa shape index (κ1) is 19.8. The van der Waals surface area contributed by atoms with E-state index in [4.69, 9.17) is 4.74 Å². The topological polar surface area (TPSA) is 70.5 Å². The summed E-state index contributed by atoms with van der Waals surface area (Å²) in [5, 5.41) is 12.5. The van der Waals surface area contributed by atoms with Gasteiger partial charge in [-0.1, -0.05) is 0 Å². The van der Waals surface area contributed by atoms with Crippen LogP contribution in [0.1, 0.15) is 47.6 Å². The number of aliphatic hydroxyl groups excluding tert-OH is 1. The van der Waals surface area contributed by atoms with Gasteiger partial charge in [0.1, 0.15) is 5.60 Å². The van der Waals surface area contributed by atoms with E-state index in [0.717, 1.165) is 51.1 Å². The van der Waals surface area contributed by atoms with Crippen molar-refractivity contribution in [3.8, 4) is 0 Å². The molecular formula is C21H30N4O2S. The van der Waals surface area contributed by atoms with Crippen LogP contribution in [-0.4, -0.2) is 51.8 Å². The molecule has 4 rings (SSSR count). The van der Waals surface area contributed by atoms with E-state index in [1.165, 1.54) is 15.3 Å². The number of aryl methyl sites for hydroxylation is 1. The molecule has 2 N–H and O–H groups in total. The first-order valence-electron chi connectivity index (χ1n) is 10.1. The number of rotatable bonds is 5. The van der Waals surface area contributed by atoms with Crippen molar-refractivity contribution in [2.24, 2.45) is 0 Å². The molecule has 2 aromatic rings. The Kier molecular flexibility index (Phi) is 5.44. The first-order chi connectivity index (χ1) is 13.4. The summed E-state index contributed by atoms with van der Waals surface area (Å²) < 4.78 is 6.35. The molecule has 0 saturated carbocycles. The van der Waals surface area contributed by atoms with Crippen LogP contribution in [0.15, 0.2) is 18.5 Å². The van der Waals surface area contributed by atoms with Gasteiger partial charge in [-0.25, -0.2) is 9.97 Å². The van der Waals surface area contributed by atoms with E-state index in [1.54, 1.807) is 0 Å². The average molecular weight is 403 g/mol. The predicted octanol–water partition coefficient (Wildman–Crippen LogP) is 3.09. The SMILES string of the molecule is Cc1cc2c(s1)C1(CCN(Cc3cnc(NC(C)(C)CO)nc3)CC1)OCC2. The normalized spacial score (nSPS) is 19.6. The summed E-state index contributed by atoms with van der Waals surface area (Å²) in [5.41, 5.74) is 2.12. The van der Waals surface area contributed by atoms with Crippen LogP contribution >= 0.6 is 11.3 Å². The van der Waals surface area contributed by atoms with Gasteiger partial charge in [0, 0.05) is 47.3 Å². The van der Waals surface area contributed by atoms with Gasteiger partial charge in [0.2, 0.25) is 5.95 Å². The summed E-state index contributed by atoms with van der Waals surface area (Å²) in [6, 6.07) is 2.35. The molecule has 28 heavy (non-hydrogen) atoms. The van der Waals surface area contributed by atoms with Crippen molar-refractivity contribution >= 4 is 17.3 Å². The van der Waals surface area contributed by atoms with E-state index in [9.17, 15) is 5.11 Å². The summed E-state index contributed by atoms with van der Waals surface area (Å²) in [6.45, 7) is 9.81. The van der Waals surface area contributed by atoms with E-state index in [1.807, 2.05) is 37.6 Å². The number of aliphatic hydroxyl groups is 1. The van der Waals surface area contributed by atoms with Crippen molar-refractivity contribution in [1.82, 2.24) is 14.9 Å². The number of nitrogens with one attached hydrogen (secondary N) is 1. The Morgan fingerprint density at radius 3 is 2.68 bits per heavy atom. The number of nitrogens with zero attached hydrogens (tertiary/aromatic N) is 3. The van der Waals surface area contributed by atoms with E-state index in [-0.39, 0.29) is 12.2 Å². The Bertz CT molecular complexity index is 810. The largest absolute Gasteiger partial charge is 0.394 e. The van der Waals surface area contributed by atoms with Crippen molar-refractivity contribution < 1.29 is 9.84 Å². The quantitative estimate of drug-likeness (QED) is 0.801. The molecule has 0 atom stereocenters. The van der Waals surface area contributed by atoms with Crippen LogP contribution in [0, 0.1) is 6.92 Å². The van der Waals surface area contributed by atoms with Crippen LogP contribution in [0.2, 0.25) is 0 Å². The van der Waals surface area contributed by atoms with E-state index < -0.39 is 5.54 Å². The fourth-order valence-electron chi connectivity index (χ4n) is 4.11. The van der Waals surface area contributed by atoms with Crippen LogP contribution in [0.3, 0.4) is 0 Å². The van der Waals surface area contributed by atoms with Crippen LogP contribution in [0.4, 0.5) is 5.95 Å². The summed E-state index contributed by atoms with van der Waals surface area (Å²) in [6.07, 6.45) is 6.90. The molecule has 6 nitrogen and oxygen atoms in total. The standard InChI is InChI=1S/C21H30N4O2S/c1-15-10-17-4-9-27-21(18(17)28-15)5-7-25(8-6-21)13-16-11-22-19(23-12-16)24-20(2,3)14-26/h10-12,26H,4-9,13-14H2,1-3H3,(H,22,23,24). The number of hydrogen-bond acceptors (Lipinski definition) is 7. The molecule has 0 aromatic carbocycles. The number of hydrogen-bond donors (Lipinski definition) is 2. The molecule has 1 fully saturated rings. The van der Waals surface area contributed by atoms with Gasteiger partial charge in [-0.15, -0.1) is 11.3 Å². The van der Waals surface area contributed by atoms with Crippen molar-refractivity contribution in [2.75, 3.05) is 31.6 Å². The Hall–Kier alpha value is -1.54. The van der Waals surface area contributed by atoms with Crippen LogP contribution < -0.4 is 5.32 Å². The minimum Gasteiger partial charge on any atom is -0.394 e. The third-order valence-electron chi connectivity index (χ3n) is 5.72. The minimum atomic E-state index is -0.429. The van der Waals surface area contributed by atoms with Gasteiger partial charge < -0.3 is 15.2 Å². The molecular weight excluding hydrogens is 372 g/mol. The van der Waals surface area contributed by atoms with E-state index in [0.29, 0.717) is 5.95 Å². The molecule has 1 saturated heterocycles. The third kappa shape index (κ3) is 4.08. The lowest BCUT2D eigenvalue weighted by Crippen LogP contribution is -2.45. The van der Waals surface area contributed by atoms with Gasteiger partial charge in [-0.05, 0) is 51.7 Å². The molecule has 0 radical (unpaired) electrons. The molecule has 2 aromatic heterocycles. The molecule has 0 bridgehead atoms. The highest BCUT2D eigenvalue weighted by Crippen LogP contribution is 2.45. The van der Waals surface area contributed by atoms with Gasteiger partial charge in [-0.2, -0.15) is 0 Å². The molecule has 4 heterocycles. The second kappa shape index (κ2) is 7.71. The summed E-state index contributed by atoms with van der Waals surface area (Å²) in [7, 11) is 0. The third-order valence-corrected chi connectivity index (χ3v) is 6.99. The average Bonchev–Trinajstić information content (AvgIpc) is 3.07. The number of likely N-dealkylation sites (tertiary alicyclic amines) is 1. The maximum absolute atomic E-state index is 9.36. The maximum Gasteiger partial charge on any atom is 0.223 e. The number of piperidine rings is 1. The highest BCUT2D eigenvalue weighted by atomic mass is 32.1. The Labute approximate surface area is 171 Å². The van der Waals surface area contributed by atoms with Gasteiger partial charge in [0.25, 0.3) is 0 Å². The van der Waals surface area contributed by atoms with E-state index in [2.05, 4.69) is 33.2 Å². The molecule has 0 aliphatic carbocycles. The van der Waals surface area contributed by atoms with Crippen LogP contribution in [-0.2, 0) is 23.3 Å². The molecule has 0 amide bonds. The van der Waals surface area contributed by atoms with Gasteiger partial charge in [0.15, 0.2) is 0 Å². The zero-order chi connectivity index (χ0) is 19.8. The molecule has 152 valence electrons. The number of aromatic nitrogens is 2. The van der Waals surface area contributed by atoms with Gasteiger partial charge in [0.05, 0.1) is 18.8 Å². The fraction of sp³-hybridized carbons (Fsp3) is 0.619. The molecule has 7 heteroatoms. The lowest BCUT2D eigenvalue weighted by molar-refractivity contribution is -0.0960. The van der Waals surface area contributed by atoms with Crippen molar-refractivity contribution in [2.45, 2.75) is 57.7 Å². The van der Waals surface area contributed by atoms with Gasteiger partial charge >= 0.3 is 0 Å². The fourth-order valence-corrected chi connectivity index (χ4v) is 5.37. The van der Waals surface area contributed by atoms with Crippen molar-refractivity contribution in [1.29, 1.82) is 0 Å². The predicted molar refractivity (Wildman–Crippen MR) is 112 cm³/mol. The minimum absolute atomic E-state index is 0.0290. The lowest BCUT2D eigenvalue weighted by atomic mass is 9.85. The summed E-state index contributed by atoms with van der Waals surface area (Å²) in [4.78, 5) is 14.2. The Balaban J connectivity index is 1.36. The molecule has 1 spiro atoms. The second-order valence-corrected chi connectivity index (χ2v) is 9.92. The second-order valence-electron chi connectivity index (χ2n) is 8.66. The van der Waals surface area contributed by atoms with Crippen molar-refractivity contribution in [3.05, 3.63) is 39.3 Å². The van der Waals surface area contributed by atoms with Crippen molar-refractivity contribution in [3.63, 3.8) is 0 Å². The molecule has 2 aliphatic rings. The van der Waals surface area contributed by atoms with E-state index >= 15 is 0 Å². The number of fused-ring (bicyclic) bond motifs is 2. The first-order valence-corrected chi connectivity index (χ1v) is 10.9. The maximum atomic E-state index is 9.36. The van der Waals surface area contributed by atoms with Crippen LogP contribution in [0.25, 0.3) is 0 Å². The smallest absolute Gasteiger partial charge is 0.223 e. The molecule has 2 aliphatic heterocycles. The summed E-state index contributed by atoms with van der Waals surface area (Å²) >= 11 is 1.92. The summed E-state index contributed by atoms with van der Waals surface area (Å²) in [5.74, 6) is 0.552. The lowest BCUT2D eigenvalue weighted by Gasteiger charge is -2.43. The monoisotopic (exact) mass is 402 g/mol. The Morgan fingerprint density at radius 1 is 1.29 bits per heavy atom. The highest BCUT2D eigenvalue weighted by Gasteiger charge is 2.42. The Morgan fingerprint density at radius 2 is 2.00 bits per heavy atom. The highest BCUT2D eigenvalue weighted by molar-refractivity contribution is 7.12. The number of ether oxygens (including phenoxy) is 1. The molecule has 0 unspecified atom stereocenters. The number of thiophene rings is 1. The number of anilines is 1. The van der Waals surface area contributed by atoms with Crippen LogP contribution in [0.5, 0.6) is 0 Å². The van der Waals surface area contributed by atoms with Gasteiger partial charge in [-0.3, -0.25) is 4.90 Å².